The molecule has 1 heterocycles. The maximum atomic E-state index is 12.8. The molecule has 0 bridgehead atoms. The molecule has 0 spiro atoms. The van der Waals surface area contributed by atoms with E-state index in [4.69, 9.17) is 0 Å². The molecule has 1 aromatic carbocycles. The molecule has 1 aromatic heterocycles. The highest BCUT2D eigenvalue weighted by Crippen LogP contribution is 2.41. The van der Waals surface area contributed by atoms with Gasteiger partial charge in [-0.3, -0.25) is 31.1 Å². The zero-order chi connectivity index (χ0) is 19.6. The normalized spacial score (nSPS) is 11.1. The Labute approximate surface area is 143 Å². The molecule has 0 aliphatic rings. The number of anilines is 2. The summed E-state index contributed by atoms with van der Waals surface area (Å²) in [6, 6.07) is 2.05. The van der Waals surface area contributed by atoms with Crippen LogP contribution in [0, 0.1) is 34.1 Å². The number of rotatable bonds is 5. The highest BCUT2D eigenvalue weighted by atomic mass is 19.4. The molecule has 0 unspecified atom stereocenters. The predicted molar refractivity (Wildman–Crippen MR) is 83.5 cm³/mol. The Morgan fingerprint density at radius 3 is 1.77 bits per heavy atom. The SMILES string of the molecule is Cc1cc(C)nc(NNc2c([N+](=O)[O-])cc(C(F)(F)F)cc2[N+](=O)[O-])n1. The molecule has 2 rings (SSSR count). The van der Waals surface area contributed by atoms with Crippen molar-refractivity contribution in [3.63, 3.8) is 0 Å². The Kier molecular flexibility index (Phi) is 4.91. The second-order valence-electron chi connectivity index (χ2n) is 5.13. The van der Waals surface area contributed by atoms with Crippen LogP contribution in [0.25, 0.3) is 0 Å². The highest BCUT2D eigenvalue weighted by molar-refractivity contribution is 5.76. The van der Waals surface area contributed by atoms with E-state index in [1.165, 1.54) is 0 Å². The van der Waals surface area contributed by atoms with Gasteiger partial charge in [0.25, 0.3) is 0 Å². The quantitative estimate of drug-likeness (QED) is 0.602. The van der Waals surface area contributed by atoms with Gasteiger partial charge >= 0.3 is 17.6 Å². The van der Waals surface area contributed by atoms with E-state index in [2.05, 4.69) is 20.8 Å². The maximum Gasteiger partial charge on any atom is 0.416 e. The number of nitro benzene ring substituents is 2. The molecule has 0 fully saturated rings. The van der Waals surface area contributed by atoms with Gasteiger partial charge in [0.2, 0.25) is 11.6 Å². The molecule has 2 N–H and O–H groups in total. The summed E-state index contributed by atoms with van der Waals surface area (Å²) in [5, 5.41) is 22.2. The van der Waals surface area contributed by atoms with Crippen LogP contribution >= 0.6 is 0 Å². The van der Waals surface area contributed by atoms with Crippen LogP contribution in [-0.4, -0.2) is 19.8 Å². The summed E-state index contributed by atoms with van der Waals surface area (Å²) in [7, 11) is 0. The van der Waals surface area contributed by atoms with Crippen LogP contribution in [0.1, 0.15) is 17.0 Å². The van der Waals surface area contributed by atoms with E-state index in [9.17, 15) is 33.4 Å². The minimum Gasteiger partial charge on any atom is -0.286 e. The first-order chi connectivity index (χ1) is 12.0. The Balaban J connectivity index is 2.51. The van der Waals surface area contributed by atoms with Crippen LogP contribution in [-0.2, 0) is 6.18 Å². The number of nitro groups is 2. The number of nitrogens with one attached hydrogen (secondary N) is 2. The lowest BCUT2D eigenvalue weighted by Gasteiger charge is -2.12. The first-order valence-corrected chi connectivity index (χ1v) is 6.87. The first-order valence-electron chi connectivity index (χ1n) is 6.87. The lowest BCUT2D eigenvalue weighted by atomic mass is 10.1. The van der Waals surface area contributed by atoms with Crippen molar-refractivity contribution in [3.8, 4) is 0 Å². The molecule has 0 aliphatic carbocycles. The van der Waals surface area contributed by atoms with Gasteiger partial charge < -0.3 is 0 Å². The van der Waals surface area contributed by atoms with Gasteiger partial charge in [-0.05, 0) is 19.9 Å². The lowest BCUT2D eigenvalue weighted by molar-refractivity contribution is -0.392. The Morgan fingerprint density at radius 1 is 0.923 bits per heavy atom. The van der Waals surface area contributed by atoms with Gasteiger partial charge in [-0.25, -0.2) is 9.97 Å². The fourth-order valence-electron chi connectivity index (χ4n) is 2.09. The Hall–Kier alpha value is -3.51. The number of nitrogens with zero attached hydrogens (tertiary/aromatic N) is 4. The molecule has 0 amide bonds. The van der Waals surface area contributed by atoms with Gasteiger partial charge in [-0.1, -0.05) is 0 Å². The van der Waals surface area contributed by atoms with E-state index in [1.54, 1.807) is 19.9 Å². The highest BCUT2D eigenvalue weighted by Gasteiger charge is 2.37. The number of benzene rings is 1. The summed E-state index contributed by atoms with van der Waals surface area (Å²) in [5.74, 6) is -0.0639. The van der Waals surface area contributed by atoms with Gasteiger partial charge in [0.1, 0.15) is 0 Å². The van der Waals surface area contributed by atoms with Crippen molar-refractivity contribution in [1.29, 1.82) is 0 Å². The van der Waals surface area contributed by atoms with Gasteiger partial charge in [-0.2, -0.15) is 13.2 Å². The van der Waals surface area contributed by atoms with Crippen LogP contribution in [0.15, 0.2) is 18.2 Å². The molecular weight excluding hydrogens is 361 g/mol. The Bertz CT molecular complexity index is 831. The number of halogens is 3. The van der Waals surface area contributed by atoms with Crippen LogP contribution in [0.3, 0.4) is 0 Å². The zero-order valence-electron chi connectivity index (χ0n) is 13.3. The number of aryl methyl sites for hydroxylation is 2. The molecule has 0 radical (unpaired) electrons. The van der Waals surface area contributed by atoms with E-state index in [0.717, 1.165) is 0 Å². The zero-order valence-corrected chi connectivity index (χ0v) is 13.3. The fraction of sp³-hybridized carbons (Fsp3) is 0.231. The van der Waals surface area contributed by atoms with Crippen molar-refractivity contribution < 1.29 is 23.0 Å². The number of hydrogen-bond acceptors (Lipinski definition) is 8. The van der Waals surface area contributed by atoms with Crippen LogP contribution in [0.4, 0.5) is 36.2 Å². The van der Waals surface area contributed by atoms with Gasteiger partial charge in [0.05, 0.1) is 15.4 Å². The van der Waals surface area contributed by atoms with Gasteiger partial charge in [0.15, 0.2) is 0 Å². The topological polar surface area (TPSA) is 136 Å². The smallest absolute Gasteiger partial charge is 0.286 e. The molecule has 0 saturated carbocycles. The number of hydrogen-bond donors (Lipinski definition) is 2. The molecule has 10 nitrogen and oxygen atoms in total. The summed E-state index contributed by atoms with van der Waals surface area (Å²) in [5.41, 5.74) is 1.07. The monoisotopic (exact) mass is 372 g/mol. The fourth-order valence-corrected chi connectivity index (χ4v) is 2.09. The van der Waals surface area contributed by atoms with Crippen LogP contribution in [0.5, 0.6) is 0 Å². The Morgan fingerprint density at radius 2 is 1.38 bits per heavy atom. The maximum absolute atomic E-state index is 12.8. The lowest BCUT2D eigenvalue weighted by Crippen LogP contribution is -2.16. The number of hydrazine groups is 1. The van der Waals surface area contributed by atoms with Crippen LogP contribution in [0.2, 0.25) is 0 Å². The van der Waals surface area contributed by atoms with Crippen molar-refractivity contribution in [2.45, 2.75) is 20.0 Å². The minimum atomic E-state index is -4.99. The van der Waals surface area contributed by atoms with E-state index in [1.807, 2.05) is 0 Å². The third-order valence-corrected chi connectivity index (χ3v) is 3.10. The van der Waals surface area contributed by atoms with Crippen molar-refractivity contribution in [2.24, 2.45) is 0 Å². The number of alkyl halides is 3. The first kappa shape index (κ1) is 18.8. The molecule has 0 atom stereocenters. The molecule has 0 aliphatic heterocycles. The molecular formula is C13H11F3N6O4. The minimum absolute atomic E-state index is 0.0639. The van der Waals surface area contributed by atoms with Crippen molar-refractivity contribution in [2.75, 3.05) is 10.9 Å². The molecule has 2 aromatic rings. The standard InChI is InChI=1S/C13H11F3N6O4/c1-6-3-7(2)18-12(17-6)20-19-11-9(21(23)24)4-8(13(14,15)16)5-10(11)22(25)26/h3-5,19H,1-2H3,(H,17,18,20). The van der Waals surface area contributed by atoms with Crippen molar-refractivity contribution in [1.82, 2.24) is 9.97 Å². The van der Waals surface area contributed by atoms with E-state index in [0.29, 0.717) is 11.4 Å². The largest absolute Gasteiger partial charge is 0.416 e. The average molecular weight is 372 g/mol. The van der Waals surface area contributed by atoms with E-state index >= 15 is 0 Å². The summed E-state index contributed by atoms with van der Waals surface area (Å²) >= 11 is 0. The predicted octanol–water partition coefficient (Wildman–Crippen LogP) is 3.37. The molecule has 13 heteroatoms. The second-order valence-corrected chi connectivity index (χ2v) is 5.13. The molecule has 0 saturated heterocycles. The van der Waals surface area contributed by atoms with E-state index in [-0.39, 0.29) is 18.1 Å². The van der Waals surface area contributed by atoms with Crippen LogP contribution < -0.4 is 10.9 Å². The van der Waals surface area contributed by atoms with Crippen molar-refractivity contribution >= 4 is 23.0 Å². The summed E-state index contributed by atoms with van der Waals surface area (Å²) in [6.07, 6.45) is -4.99. The third-order valence-electron chi connectivity index (χ3n) is 3.10. The third kappa shape index (κ3) is 4.12. The number of aromatic nitrogens is 2. The van der Waals surface area contributed by atoms with Gasteiger partial charge in [0, 0.05) is 23.5 Å². The molecule has 26 heavy (non-hydrogen) atoms. The summed E-state index contributed by atoms with van der Waals surface area (Å²) in [6.45, 7) is 3.28. The summed E-state index contributed by atoms with van der Waals surface area (Å²) in [4.78, 5) is 27.8. The van der Waals surface area contributed by atoms with Crippen molar-refractivity contribution in [3.05, 3.63) is 55.4 Å². The van der Waals surface area contributed by atoms with Gasteiger partial charge in [-0.15, -0.1) is 0 Å². The molecule has 138 valence electrons. The van der Waals surface area contributed by atoms with E-state index < -0.39 is 38.6 Å². The average Bonchev–Trinajstić information content (AvgIpc) is 2.49. The second kappa shape index (κ2) is 6.78. The summed E-state index contributed by atoms with van der Waals surface area (Å²) < 4.78 is 38.5.